The quantitative estimate of drug-likeness (QED) is 0.774. The summed E-state index contributed by atoms with van der Waals surface area (Å²) in [5, 5.41) is 17.7. The Morgan fingerprint density at radius 3 is 2.56 bits per heavy atom. The van der Waals surface area contributed by atoms with Crippen molar-refractivity contribution in [3.63, 3.8) is 0 Å². The normalized spacial score (nSPS) is 34.2. The van der Waals surface area contributed by atoms with E-state index in [1.807, 2.05) is 31.2 Å². The second-order valence-electron chi connectivity index (χ2n) is 4.20. The fourth-order valence-electron chi connectivity index (χ4n) is 1.91. The molecule has 0 spiro atoms. The van der Waals surface area contributed by atoms with Gasteiger partial charge in [0.1, 0.15) is 6.10 Å². The highest BCUT2D eigenvalue weighted by molar-refractivity contribution is 6.23. The third-order valence-electron chi connectivity index (χ3n) is 2.90. The predicted molar refractivity (Wildman–Crippen MR) is 61.3 cm³/mol. The summed E-state index contributed by atoms with van der Waals surface area (Å²) in [4.78, 5) is 0. The zero-order valence-electron chi connectivity index (χ0n) is 9.06. The molecule has 1 aromatic rings. The average molecular weight is 243 g/mol. The van der Waals surface area contributed by atoms with Crippen LogP contribution in [0.4, 0.5) is 0 Å². The number of ether oxygens (including phenoxy) is 1. The molecule has 0 radical (unpaired) electrons. The number of rotatable bonds is 2. The lowest BCUT2D eigenvalue weighted by molar-refractivity contribution is -0.0386. The molecule has 3 atom stereocenters. The standard InChI is InChI=1S/C12H15ClO3/c1-8-2-4-9(5-3-8)12(13)6-10(15)11(7-14)16-12/h2-5,10-11,14-15H,6-7H2,1H3/t10-,11+,12+/m0/s1. The van der Waals surface area contributed by atoms with Gasteiger partial charge >= 0.3 is 0 Å². The zero-order valence-corrected chi connectivity index (χ0v) is 9.81. The summed E-state index contributed by atoms with van der Waals surface area (Å²) in [5.74, 6) is 0. The highest BCUT2D eigenvalue weighted by Crippen LogP contribution is 2.42. The Morgan fingerprint density at radius 2 is 2.06 bits per heavy atom. The average Bonchev–Trinajstić information content (AvgIpc) is 2.55. The third kappa shape index (κ3) is 2.09. The summed E-state index contributed by atoms with van der Waals surface area (Å²) in [5.41, 5.74) is 1.95. The second-order valence-corrected chi connectivity index (χ2v) is 4.82. The minimum Gasteiger partial charge on any atom is -0.394 e. The highest BCUT2D eigenvalue weighted by Gasteiger charge is 2.45. The first-order chi connectivity index (χ1) is 7.55. The second kappa shape index (κ2) is 4.34. The van der Waals surface area contributed by atoms with Crippen molar-refractivity contribution in [1.29, 1.82) is 0 Å². The molecule has 0 aliphatic carbocycles. The molecule has 0 saturated carbocycles. The van der Waals surface area contributed by atoms with Gasteiger partial charge in [-0.3, -0.25) is 0 Å². The minimum atomic E-state index is -1.01. The number of aliphatic hydroxyl groups excluding tert-OH is 2. The monoisotopic (exact) mass is 242 g/mol. The van der Waals surface area contributed by atoms with Crippen LogP contribution in [0.3, 0.4) is 0 Å². The summed E-state index contributed by atoms with van der Waals surface area (Å²) in [6.45, 7) is 1.77. The Kier molecular flexibility index (Phi) is 3.22. The minimum absolute atomic E-state index is 0.221. The number of halogens is 1. The Morgan fingerprint density at radius 1 is 1.44 bits per heavy atom. The van der Waals surface area contributed by atoms with E-state index in [0.29, 0.717) is 6.42 Å². The molecule has 1 aliphatic heterocycles. The molecule has 1 aromatic carbocycles. The Labute approximate surface area is 99.6 Å². The van der Waals surface area contributed by atoms with Gasteiger partial charge in [0, 0.05) is 6.42 Å². The molecule has 1 aliphatic rings. The molecule has 2 rings (SSSR count). The van der Waals surface area contributed by atoms with Crippen LogP contribution in [0.1, 0.15) is 17.5 Å². The van der Waals surface area contributed by atoms with Gasteiger partial charge in [0.25, 0.3) is 0 Å². The molecule has 1 heterocycles. The molecule has 16 heavy (non-hydrogen) atoms. The van der Waals surface area contributed by atoms with E-state index in [1.54, 1.807) is 0 Å². The van der Waals surface area contributed by atoms with Crippen molar-refractivity contribution in [2.24, 2.45) is 0 Å². The number of hydrogen-bond donors (Lipinski definition) is 2. The number of alkyl halides is 1. The number of hydrogen-bond acceptors (Lipinski definition) is 3. The fourth-order valence-corrected chi connectivity index (χ4v) is 2.31. The molecular formula is C12H15ClO3. The summed E-state index contributed by atoms with van der Waals surface area (Å²) >= 11 is 6.32. The maximum Gasteiger partial charge on any atom is 0.170 e. The maximum atomic E-state index is 9.67. The van der Waals surface area contributed by atoms with Gasteiger partial charge in [0.15, 0.2) is 5.06 Å². The van der Waals surface area contributed by atoms with Gasteiger partial charge in [0.05, 0.1) is 12.7 Å². The Balaban J connectivity index is 2.24. The summed E-state index contributed by atoms with van der Waals surface area (Å²) < 4.78 is 5.50. The van der Waals surface area contributed by atoms with Gasteiger partial charge in [-0.2, -0.15) is 0 Å². The van der Waals surface area contributed by atoms with Gasteiger partial charge in [-0.25, -0.2) is 0 Å². The van der Waals surface area contributed by atoms with Crippen LogP contribution in [0.25, 0.3) is 0 Å². The molecule has 3 nitrogen and oxygen atoms in total. The van der Waals surface area contributed by atoms with E-state index in [2.05, 4.69) is 0 Å². The molecule has 0 amide bonds. The third-order valence-corrected chi connectivity index (χ3v) is 3.36. The van der Waals surface area contributed by atoms with Crippen molar-refractivity contribution < 1.29 is 14.9 Å². The van der Waals surface area contributed by atoms with Crippen LogP contribution in [-0.4, -0.2) is 29.0 Å². The van der Waals surface area contributed by atoms with E-state index in [4.69, 9.17) is 21.4 Å². The van der Waals surface area contributed by atoms with E-state index >= 15 is 0 Å². The lowest BCUT2D eigenvalue weighted by Gasteiger charge is -2.22. The Bertz CT molecular complexity index is 365. The van der Waals surface area contributed by atoms with Gasteiger partial charge in [-0.1, -0.05) is 41.4 Å². The van der Waals surface area contributed by atoms with Crippen LogP contribution in [0, 0.1) is 6.92 Å². The lowest BCUT2D eigenvalue weighted by atomic mass is 10.0. The molecule has 1 fully saturated rings. The molecular weight excluding hydrogens is 228 g/mol. The lowest BCUT2D eigenvalue weighted by Crippen LogP contribution is -2.25. The molecule has 4 heteroatoms. The number of aliphatic hydroxyl groups is 2. The van der Waals surface area contributed by atoms with Crippen molar-refractivity contribution >= 4 is 11.6 Å². The largest absolute Gasteiger partial charge is 0.394 e. The van der Waals surface area contributed by atoms with Crippen LogP contribution in [-0.2, 0) is 9.80 Å². The maximum absolute atomic E-state index is 9.67. The molecule has 0 aromatic heterocycles. The summed E-state index contributed by atoms with van der Waals surface area (Å²) in [6, 6.07) is 7.66. The molecule has 2 N–H and O–H groups in total. The first-order valence-corrected chi connectivity index (χ1v) is 5.66. The molecule has 0 unspecified atom stereocenters. The van der Waals surface area contributed by atoms with Gasteiger partial charge in [-0.15, -0.1) is 0 Å². The zero-order chi connectivity index (χ0) is 11.8. The number of benzene rings is 1. The van der Waals surface area contributed by atoms with E-state index < -0.39 is 17.3 Å². The fraction of sp³-hybridized carbons (Fsp3) is 0.500. The first-order valence-electron chi connectivity index (χ1n) is 5.28. The smallest absolute Gasteiger partial charge is 0.170 e. The van der Waals surface area contributed by atoms with E-state index in [0.717, 1.165) is 11.1 Å². The first kappa shape index (κ1) is 11.9. The SMILES string of the molecule is Cc1ccc([C@@]2(Cl)C[C@H](O)[C@@H](CO)O2)cc1. The van der Waals surface area contributed by atoms with Crippen molar-refractivity contribution in [3.05, 3.63) is 35.4 Å². The van der Waals surface area contributed by atoms with Crippen LogP contribution >= 0.6 is 11.6 Å². The highest BCUT2D eigenvalue weighted by atomic mass is 35.5. The van der Waals surface area contributed by atoms with Crippen molar-refractivity contribution in [2.75, 3.05) is 6.61 Å². The molecule has 0 bridgehead atoms. The molecule has 1 saturated heterocycles. The Hall–Kier alpha value is -0.610. The van der Waals surface area contributed by atoms with Crippen LogP contribution in [0.15, 0.2) is 24.3 Å². The van der Waals surface area contributed by atoms with E-state index in [-0.39, 0.29) is 6.61 Å². The van der Waals surface area contributed by atoms with E-state index in [1.165, 1.54) is 0 Å². The van der Waals surface area contributed by atoms with Gasteiger partial charge in [-0.05, 0) is 12.5 Å². The summed E-state index contributed by atoms with van der Waals surface area (Å²) in [6.07, 6.45) is -1.02. The van der Waals surface area contributed by atoms with Crippen LogP contribution in [0.5, 0.6) is 0 Å². The molecule has 88 valence electrons. The number of aryl methyl sites for hydroxylation is 1. The van der Waals surface area contributed by atoms with Gasteiger partial charge < -0.3 is 14.9 Å². The van der Waals surface area contributed by atoms with E-state index in [9.17, 15) is 5.11 Å². The van der Waals surface area contributed by atoms with Crippen molar-refractivity contribution in [1.82, 2.24) is 0 Å². The van der Waals surface area contributed by atoms with Crippen LogP contribution < -0.4 is 0 Å². The van der Waals surface area contributed by atoms with Crippen molar-refractivity contribution in [2.45, 2.75) is 30.6 Å². The predicted octanol–water partition coefficient (Wildman–Crippen LogP) is 1.53. The van der Waals surface area contributed by atoms with Crippen molar-refractivity contribution in [3.8, 4) is 0 Å². The topological polar surface area (TPSA) is 49.7 Å². The van der Waals surface area contributed by atoms with Crippen LogP contribution in [0.2, 0.25) is 0 Å². The summed E-state index contributed by atoms with van der Waals surface area (Å²) in [7, 11) is 0. The van der Waals surface area contributed by atoms with Gasteiger partial charge in [0.2, 0.25) is 0 Å².